The Labute approximate surface area is 77.8 Å². The van der Waals surface area contributed by atoms with Gasteiger partial charge in [0.15, 0.2) is 0 Å². The zero-order valence-electron chi connectivity index (χ0n) is 7.79. The van der Waals surface area contributed by atoms with Crippen LogP contribution in [-0.4, -0.2) is 14.1 Å². The van der Waals surface area contributed by atoms with E-state index in [9.17, 15) is 9.59 Å². The van der Waals surface area contributed by atoms with E-state index >= 15 is 0 Å². The molecule has 0 atom stereocenters. The van der Waals surface area contributed by atoms with E-state index in [1.165, 1.54) is 11.6 Å². The van der Waals surface area contributed by atoms with E-state index in [0.29, 0.717) is 11.2 Å². The highest BCUT2D eigenvalue weighted by Gasteiger charge is 2.15. The quantitative estimate of drug-likeness (QED) is 0.507. The van der Waals surface area contributed by atoms with Crippen LogP contribution in [0.2, 0.25) is 0 Å². The second-order valence-corrected chi connectivity index (χ2v) is 3.09. The van der Waals surface area contributed by atoms with Crippen LogP contribution in [0.5, 0.6) is 0 Å². The lowest BCUT2D eigenvalue weighted by Gasteiger charge is -1.97. The lowest BCUT2D eigenvalue weighted by molar-refractivity contribution is -0.331. The van der Waals surface area contributed by atoms with Crippen LogP contribution in [-0.2, 0) is 14.1 Å². The molecule has 0 aliphatic carbocycles. The highest BCUT2D eigenvalue weighted by molar-refractivity contribution is 5.66. The number of aromatic nitrogens is 4. The minimum absolute atomic E-state index is 0.248. The number of aryl methyl sites for hydroxylation is 1. The molecule has 74 valence electrons. The Morgan fingerprint density at radius 1 is 1.29 bits per heavy atom. The fraction of sp³-hybridized carbons (Fsp3) is 0.286. The fourth-order valence-electron chi connectivity index (χ4n) is 1.40. The van der Waals surface area contributed by atoms with Gasteiger partial charge in [-0.25, -0.2) is 14.3 Å². The summed E-state index contributed by atoms with van der Waals surface area (Å²) in [7, 11) is 2.98. The molecule has 0 amide bonds. The summed E-state index contributed by atoms with van der Waals surface area (Å²) in [6.45, 7) is 0. The van der Waals surface area contributed by atoms with Crippen molar-refractivity contribution in [3.05, 3.63) is 20.8 Å². The minimum Gasteiger partial charge on any atom is -0.310 e. The van der Waals surface area contributed by atoms with Gasteiger partial charge < -0.3 is 5.73 Å². The van der Waals surface area contributed by atoms with Crippen LogP contribution in [0.1, 0.15) is 0 Å². The molecule has 7 nitrogen and oxygen atoms in total. The molecule has 0 aliphatic rings. The molecule has 0 aromatic carbocycles. The summed E-state index contributed by atoms with van der Waals surface area (Å²) < 4.78 is 2.34. The van der Waals surface area contributed by atoms with Crippen molar-refractivity contribution >= 4 is 17.1 Å². The van der Waals surface area contributed by atoms with Crippen LogP contribution in [0.15, 0.2) is 9.59 Å². The number of H-pyrrole nitrogens is 2. The van der Waals surface area contributed by atoms with E-state index in [1.54, 1.807) is 7.05 Å². The maximum atomic E-state index is 11.6. The number of fused-ring (bicyclic) bond motifs is 1. The number of nitrogens with two attached hydrogens (primary N) is 1. The van der Waals surface area contributed by atoms with Crippen molar-refractivity contribution in [1.82, 2.24) is 14.1 Å². The lowest BCUT2D eigenvalue weighted by atomic mass is 10.5. The summed E-state index contributed by atoms with van der Waals surface area (Å²) in [5.41, 5.74) is 5.37. The first-order chi connectivity index (χ1) is 6.52. The SMILES string of the molecule is Cn1c(=O)c2[nH]c(N)[nH+]c2n(C)c1=O. The Kier molecular flexibility index (Phi) is 1.51. The van der Waals surface area contributed by atoms with Gasteiger partial charge in [0, 0.05) is 7.05 Å². The zero-order chi connectivity index (χ0) is 10.5. The molecular formula is C7H10N5O2+. The van der Waals surface area contributed by atoms with Gasteiger partial charge in [0.05, 0.1) is 7.05 Å². The predicted octanol–water partition coefficient (Wildman–Crippen LogP) is -2.04. The Bertz CT molecular complexity index is 617. The number of nitrogens with one attached hydrogen (secondary N) is 2. The molecule has 0 radical (unpaired) electrons. The minimum atomic E-state index is -0.393. The van der Waals surface area contributed by atoms with Crippen LogP contribution in [0, 0.1) is 0 Å². The van der Waals surface area contributed by atoms with Gasteiger partial charge in [-0.05, 0) is 0 Å². The molecule has 0 aliphatic heterocycles. The number of aromatic amines is 2. The van der Waals surface area contributed by atoms with E-state index < -0.39 is 11.2 Å². The summed E-state index contributed by atoms with van der Waals surface area (Å²) in [6, 6.07) is 0. The van der Waals surface area contributed by atoms with E-state index in [4.69, 9.17) is 5.73 Å². The smallest absolute Gasteiger partial charge is 0.310 e. The number of hydrogen-bond donors (Lipinski definition) is 2. The standard InChI is InChI=1S/C7H9N5O2/c1-11-4-3(9-6(8)10-4)5(13)12(2)7(11)14/h1-2H3,(H3,8,9,10)/p+1. The van der Waals surface area contributed by atoms with Gasteiger partial charge in [-0.2, -0.15) is 0 Å². The molecule has 0 spiro atoms. The van der Waals surface area contributed by atoms with Gasteiger partial charge in [0.25, 0.3) is 5.56 Å². The normalized spacial score (nSPS) is 11.0. The number of nitrogen functional groups attached to an aromatic ring is 1. The average Bonchev–Trinajstić information content (AvgIpc) is 2.54. The van der Waals surface area contributed by atoms with Crippen LogP contribution in [0.25, 0.3) is 11.2 Å². The molecule has 2 aromatic heterocycles. The van der Waals surface area contributed by atoms with Crippen molar-refractivity contribution in [2.75, 3.05) is 5.73 Å². The number of hydrogen-bond acceptors (Lipinski definition) is 3. The van der Waals surface area contributed by atoms with Crippen LogP contribution >= 0.6 is 0 Å². The summed E-state index contributed by atoms with van der Waals surface area (Å²) in [5, 5.41) is 0. The molecule has 4 N–H and O–H groups in total. The van der Waals surface area contributed by atoms with Crippen LogP contribution in [0.4, 0.5) is 5.95 Å². The maximum absolute atomic E-state index is 11.6. The maximum Gasteiger partial charge on any atom is 0.374 e. The van der Waals surface area contributed by atoms with E-state index in [-0.39, 0.29) is 5.95 Å². The molecular weight excluding hydrogens is 186 g/mol. The number of anilines is 1. The third-order valence-corrected chi connectivity index (χ3v) is 2.18. The Morgan fingerprint density at radius 2 is 1.93 bits per heavy atom. The number of imidazole rings is 1. The van der Waals surface area contributed by atoms with Crippen molar-refractivity contribution in [1.29, 1.82) is 0 Å². The topological polar surface area (TPSA) is 99.9 Å². The molecule has 2 rings (SSSR count). The molecule has 14 heavy (non-hydrogen) atoms. The van der Waals surface area contributed by atoms with Crippen molar-refractivity contribution in [3.63, 3.8) is 0 Å². The van der Waals surface area contributed by atoms with Crippen molar-refractivity contribution in [2.24, 2.45) is 14.1 Å². The van der Waals surface area contributed by atoms with Gasteiger partial charge in [-0.1, -0.05) is 0 Å². The summed E-state index contributed by atoms with van der Waals surface area (Å²) in [4.78, 5) is 28.4. The molecule has 2 heterocycles. The van der Waals surface area contributed by atoms with Gasteiger partial charge in [0.2, 0.25) is 11.2 Å². The molecule has 0 bridgehead atoms. The number of rotatable bonds is 0. The van der Waals surface area contributed by atoms with Crippen molar-refractivity contribution < 1.29 is 4.98 Å². The zero-order valence-corrected chi connectivity index (χ0v) is 7.79. The number of nitrogens with zero attached hydrogens (tertiary/aromatic N) is 2. The Hall–Kier alpha value is -2.05. The van der Waals surface area contributed by atoms with E-state index in [2.05, 4.69) is 9.97 Å². The van der Waals surface area contributed by atoms with Gasteiger partial charge in [-0.15, -0.1) is 0 Å². The third-order valence-electron chi connectivity index (χ3n) is 2.18. The van der Waals surface area contributed by atoms with Gasteiger partial charge >= 0.3 is 11.6 Å². The van der Waals surface area contributed by atoms with Crippen LogP contribution < -0.4 is 22.0 Å². The fourth-order valence-corrected chi connectivity index (χ4v) is 1.40. The molecule has 0 unspecified atom stereocenters. The second kappa shape index (κ2) is 2.47. The molecule has 2 aromatic rings. The summed E-state index contributed by atoms with van der Waals surface area (Å²) in [5.74, 6) is 0.248. The first-order valence-electron chi connectivity index (χ1n) is 3.99. The highest BCUT2D eigenvalue weighted by atomic mass is 16.2. The van der Waals surface area contributed by atoms with E-state index in [1.807, 2.05) is 0 Å². The first kappa shape index (κ1) is 8.54. The Morgan fingerprint density at radius 3 is 2.57 bits per heavy atom. The molecule has 0 fully saturated rings. The summed E-state index contributed by atoms with van der Waals surface area (Å²) in [6.07, 6.45) is 0. The largest absolute Gasteiger partial charge is 0.374 e. The van der Waals surface area contributed by atoms with E-state index in [0.717, 1.165) is 4.57 Å². The monoisotopic (exact) mass is 196 g/mol. The lowest BCUT2D eigenvalue weighted by Crippen LogP contribution is -2.38. The van der Waals surface area contributed by atoms with Gasteiger partial charge in [0.1, 0.15) is 0 Å². The first-order valence-corrected chi connectivity index (χ1v) is 3.99. The van der Waals surface area contributed by atoms with Crippen molar-refractivity contribution in [2.45, 2.75) is 0 Å². The molecule has 7 heteroatoms. The third kappa shape index (κ3) is 0.889. The summed E-state index contributed by atoms with van der Waals surface area (Å²) >= 11 is 0. The second-order valence-electron chi connectivity index (χ2n) is 3.09. The molecule has 0 saturated heterocycles. The Balaban J connectivity index is 3.17. The molecule has 0 saturated carbocycles. The van der Waals surface area contributed by atoms with Gasteiger partial charge in [-0.3, -0.25) is 14.3 Å². The van der Waals surface area contributed by atoms with Crippen LogP contribution in [0.3, 0.4) is 0 Å². The van der Waals surface area contributed by atoms with Crippen molar-refractivity contribution in [3.8, 4) is 0 Å². The predicted molar refractivity (Wildman–Crippen MR) is 49.7 cm³/mol. The highest BCUT2D eigenvalue weighted by Crippen LogP contribution is 1.98. The average molecular weight is 196 g/mol.